The molecule has 7 aromatic heterocycles. The topological polar surface area (TPSA) is 162 Å². The Balaban J connectivity index is 0.000000135. The number of fused-ring (bicyclic) bond motifs is 5. The van der Waals surface area contributed by atoms with Crippen molar-refractivity contribution >= 4 is 33.2 Å². The van der Waals surface area contributed by atoms with Crippen molar-refractivity contribution in [3.05, 3.63) is 172 Å². The molecule has 0 spiro atoms. The maximum absolute atomic E-state index is 13.5. The van der Waals surface area contributed by atoms with Gasteiger partial charge in [0.2, 0.25) is 0 Å². The number of carbonyl (C=O) groups excluding carboxylic acids is 1. The first-order valence-corrected chi connectivity index (χ1v) is 26.4. The number of benzene rings is 3. The number of halogens is 4. The average Bonchev–Trinajstić information content (AvgIpc) is 4.39. The third-order valence-electron chi connectivity index (χ3n) is 13.2. The molecule has 13 rings (SSSR count). The minimum absolute atomic E-state index is 0.239. The summed E-state index contributed by atoms with van der Waals surface area (Å²) < 4.78 is 72.1. The molecule has 402 valence electrons. The predicted molar refractivity (Wildman–Crippen MR) is 290 cm³/mol. The molecular weight excluding hydrogens is 1070 g/mol. The van der Waals surface area contributed by atoms with Gasteiger partial charge in [-0.1, -0.05) is 13.8 Å². The molecule has 0 radical (unpaired) electrons. The van der Waals surface area contributed by atoms with E-state index in [2.05, 4.69) is 31.0 Å². The summed E-state index contributed by atoms with van der Waals surface area (Å²) in [4.78, 5) is 21.0. The predicted octanol–water partition coefficient (Wildman–Crippen LogP) is 11.5. The van der Waals surface area contributed by atoms with E-state index in [0.717, 1.165) is 89.8 Å². The van der Waals surface area contributed by atoms with Crippen molar-refractivity contribution in [1.29, 1.82) is 0 Å². The first-order valence-electron chi connectivity index (χ1n) is 25.6. The van der Waals surface area contributed by atoms with Gasteiger partial charge in [0, 0.05) is 51.3 Å². The number of pyridine rings is 2. The highest BCUT2D eigenvalue weighted by atomic mass is 79.9. The van der Waals surface area contributed by atoms with Gasteiger partial charge in [-0.05, 0) is 134 Å². The van der Waals surface area contributed by atoms with Gasteiger partial charge in [-0.15, -0.1) is 0 Å². The zero-order valence-electron chi connectivity index (χ0n) is 43.6. The molecule has 20 heteroatoms. The van der Waals surface area contributed by atoms with Crippen LogP contribution in [-0.2, 0) is 64.0 Å². The Hall–Kier alpha value is -7.75. The molecule has 0 aliphatic carbocycles. The number of hydrogen-bond acceptors (Lipinski definition) is 11. The fraction of sp³-hybridized carbons (Fsp3) is 0.276. The number of nitrogens with zero attached hydrogens (tertiary/aromatic N) is 10. The smallest absolute Gasteiger partial charge is 0.356 e. The molecule has 0 saturated carbocycles. The molecular formula is C58H56BrF3N10O6. The van der Waals surface area contributed by atoms with Crippen LogP contribution in [0.25, 0.3) is 67.3 Å². The number of imidazole rings is 2. The van der Waals surface area contributed by atoms with Crippen LogP contribution in [0.3, 0.4) is 0 Å². The Labute approximate surface area is 455 Å². The van der Waals surface area contributed by atoms with E-state index >= 15 is 0 Å². The highest BCUT2D eigenvalue weighted by Crippen LogP contribution is 2.39. The van der Waals surface area contributed by atoms with Gasteiger partial charge in [-0.2, -0.15) is 15.3 Å². The largest absolute Gasteiger partial charge is 0.461 e. The van der Waals surface area contributed by atoms with Gasteiger partial charge < -0.3 is 28.5 Å². The molecule has 0 atom stereocenters. The number of hydrogen-bond donors (Lipinski definition) is 1. The molecule has 3 aliphatic rings. The van der Waals surface area contributed by atoms with E-state index in [0.29, 0.717) is 69.8 Å². The van der Waals surface area contributed by atoms with E-state index < -0.39 is 11.6 Å². The molecule has 10 heterocycles. The second kappa shape index (κ2) is 23.1. The minimum atomic E-state index is -1.03. The summed E-state index contributed by atoms with van der Waals surface area (Å²) >= 11 is 3.54. The zero-order chi connectivity index (χ0) is 54.7. The normalized spacial score (nSPS) is 13.8. The fourth-order valence-corrected chi connectivity index (χ4v) is 10.1. The summed E-state index contributed by atoms with van der Waals surface area (Å²) in [6.45, 7) is 14.9. The van der Waals surface area contributed by atoms with Crippen molar-refractivity contribution in [2.45, 2.75) is 79.7 Å². The van der Waals surface area contributed by atoms with Crippen LogP contribution < -0.4 is 0 Å². The molecule has 0 unspecified atom stereocenters. The fourth-order valence-electron chi connectivity index (χ4n) is 9.50. The lowest BCUT2D eigenvalue weighted by Gasteiger charge is -2.18. The van der Waals surface area contributed by atoms with Crippen LogP contribution in [0, 0.1) is 17.5 Å². The molecule has 16 nitrogen and oxygen atoms in total. The maximum Gasteiger partial charge on any atom is 0.356 e. The van der Waals surface area contributed by atoms with Gasteiger partial charge in [0.1, 0.15) is 51.4 Å². The van der Waals surface area contributed by atoms with Gasteiger partial charge in [0.25, 0.3) is 0 Å². The van der Waals surface area contributed by atoms with Crippen molar-refractivity contribution in [3.63, 3.8) is 0 Å². The number of carbonyl (C=O) groups is 1. The summed E-state index contributed by atoms with van der Waals surface area (Å²) in [6, 6.07) is 26.7. The van der Waals surface area contributed by atoms with E-state index in [1.54, 1.807) is 67.8 Å². The molecule has 0 bridgehead atoms. The lowest BCUT2D eigenvalue weighted by atomic mass is 9.99. The summed E-state index contributed by atoms with van der Waals surface area (Å²) in [5.41, 5.74) is 13.0. The first-order chi connectivity index (χ1) is 37.8. The zero-order valence-corrected chi connectivity index (χ0v) is 45.2. The van der Waals surface area contributed by atoms with Crippen molar-refractivity contribution in [3.8, 4) is 56.0 Å². The lowest BCUT2D eigenvalue weighted by Crippen LogP contribution is -2.18. The van der Waals surface area contributed by atoms with Crippen molar-refractivity contribution in [2.75, 3.05) is 26.4 Å². The third kappa shape index (κ3) is 10.9. The monoisotopic (exact) mass is 1120 g/mol. The number of aliphatic hydroxyl groups is 1. The van der Waals surface area contributed by atoms with Crippen molar-refractivity contribution in [1.82, 2.24) is 48.1 Å². The summed E-state index contributed by atoms with van der Waals surface area (Å²) in [6.07, 6.45) is 7.02. The second-order valence-electron chi connectivity index (χ2n) is 18.7. The van der Waals surface area contributed by atoms with Gasteiger partial charge in [0.05, 0.1) is 106 Å². The molecule has 10 aromatic rings. The molecule has 78 heavy (non-hydrogen) atoms. The van der Waals surface area contributed by atoms with Gasteiger partial charge in [-0.3, -0.25) is 18.4 Å². The highest BCUT2D eigenvalue weighted by Gasteiger charge is 2.28. The first kappa shape index (κ1) is 53.6. The van der Waals surface area contributed by atoms with Crippen molar-refractivity contribution in [2.24, 2.45) is 0 Å². The molecule has 0 amide bonds. The van der Waals surface area contributed by atoms with E-state index in [1.807, 2.05) is 69.0 Å². The quantitative estimate of drug-likeness (QED) is 0.144. The maximum atomic E-state index is 13.5. The van der Waals surface area contributed by atoms with Crippen LogP contribution in [0.2, 0.25) is 0 Å². The van der Waals surface area contributed by atoms with E-state index in [-0.39, 0.29) is 24.1 Å². The Kier molecular flexibility index (Phi) is 15.9. The summed E-state index contributed by atoms with van der Waals surface area (Å²) in [5, 5.41) is 24.6. The average molecular weight is 1130 g/mol. The van der Waals surface area contributed by atoms with Crippen LogP contribution in [0.1, 0.15) is 67.9 Å². The van der Waals surface area contributed by atoms with Crippen LogP contribution in [0.15, 0.2) is 126 Å². The molecule has 0 saturated heterocycles. The molecule has 1 N–H and O–H groups in total. The Bertz CT molecular complexity index is 3750. The molecule has 3 aliphatic heterocycles. The van der Waals surface area contributed by atoms with Crippen LogP contribution in [-0.4, -0.2) is 85.6 Å². The molecule has 3 aromatic carbocycles. The Morgan fingerprint density at radius 3 is 1.45 bits per heavy atom. The third-order valence-corrected chi connectivity index (χ3v) is 14.1. The minimum Gasteiger partial charge on any atom is -0.461 e. The van der Waals surface area contributed by atoms with Crippen molar-refractivity contribution < 1.29 is 42.0 Å². The second-order valence-corrected chi connectivity index (χ2v) is 19.4. The highest BCUT2D eigenvalue weighted by molar-refractivity contribution is 9.10. The number of aromatic nitrogens is 10. The summed E-state index contributed by atoms with van der Waals surface area (Å²) in [7, 11) is 0. The van der Waals surface area contributed by atoms with Crippen LogP contribution >= 0.6 is 15.9 Å². The van der Waals surface area contributed by atoms with Gasteiger partial charge >= 0.3 is 5.97 Å². The van der Waals surface area contributed by atoms with Crippen LogP contribution in [0.5, 0.6) is 0 Å². The summed E-state index contributed by atoms with van der Waals surface area (Å²) in [5.74, 6) is -1.25. The van der Waals surface area contributed by atoms with E-state index in [9.17, 15) is 23.1 Å². The molecule has 0 fully saturated rings. The van der Waals surface area contributed by atoms with E-state index in [1.165, 1.54) is 42.6 Å². The Morgan fingerprint density at radius 1 is 0.590 bits per heavy atom. The number of esters is 1. The van der Waals surface area contributed by atoms with Gasteiger partial charge in [0.15, 0.2) is 5.69 Å². The number of rotatable bonds is 8. The standard InChI is InChI=1S/C22H19FN4O3.C22H21FN4O2.C12H10BrFN2O.C2H6/c1-2-30-22(28)17-11-24-19-8-5-15(12-26(17)19)20-18-13-29-10-9-27(18)25-21(20)14-3-6-16(23)7-4-14;1-22(2,28)18-11-24-19-8-5-15(12-26(18)19)20-17-13-29-10-9-27(17)25-21(20)14-3-6-16(23)7-4-14;13-11-10-7-17-6-5-16(10)15-12(11)8-1-3-9(14)4-2-8;1-2/h3-8,11-12H,2,9-10,13H2,1H3;3-8,11-12,28H,9-10,13H2,1-2H3;1-4H,5-7H2;1-2H3. The SMILES string of the molecule is CC.CC(C)(O)c1cnc2ccc(-c3c(-c4ccc(F)cc4)nn4c3COCC4)cn12.CCOC(=O)c1cnc2ccc(-c3c(-c4ccc(F)cc4)nn4c3COCC4)cn12.Fc1ccc(-c2nn3c(c2Br)COCC3)cc1. The number of ether oxygens (including phenoxy) is 4. The van der Waals surface area contributed by atoms with E-state index in [4.69, 9.17) is 29.1 Å². The van der Waals surface area contributed by atoms with Gasteiger partial charge in [-0.25, -0.2) is 27.9 Å². The Morgan fingerprint density at radius 2 is 0.987 bits per heavy atom. The van der Waals surface area contributed by atoms with Crippen LogP contribution in [0.4, 0.5) is 13.2 Å². The lowest BCUT2D eigenvalue weighted by molar-refractivity contribution is 0.0518.